The molecule has 0 unspecified atom stereocenters. The van der Waals surface area contributed by atoms with Gasteiger partial charge in [-0.2, -0.15) is 5.26 Å². The number of hydrogen-bond acceptors (Lipinski definition) is 2. The third kappa shape index (κ3) is 1.44. The zero-order valence-electron chi connectivity index (χ0n) is 5.93. The van der Waals surface area contributed by atoms with Crippen LogP contribution >= 0.6 is 11.6 Å². The predicted molar refractivity (Wildman–Crippen MR) is 42.6 cm³/mol. The lowest BCUT2D eigenvalue weighted by Crippen LogP contribution is -1.81. The van der Waals surface area contributed by atoms with Crippen LogP contribution in [0.25, 0.3) is 0 Å². The van der Waals surface area contributed by atoms with E-state index in [2.05, 4.69) is 0 Å². The molecule has 0 fully saturated rings. The maximum absolute atomic E-state index is 9.08. The molecule has 0 aliphatic rings. The number of benzene rings is 1. The van der Waals surface area contributed by atoms with Crippen molar-refractivity contribution in [3.05, 3.63) is 28.3 Å². The Bertz CT molecular complexity index is 328. The molecular weight excluding hydrogens is 162 g/mol. The van der Waals surface area contributed by atoms with E-state index in [1.807, 2.05) is 6.07 Å². The number of rotatable bonds is 0. The summed E-state index contributed by atoms with van der Waals surface area (Å²) in [5.74, 6) is 0.0168. The molecule has 0 aliphatic carbocycles. The molecule has 3 heteroatoms. The van der Waals surface area contributed by atoms with Gasteiger partial charge >= 0.3 is 0 Å². The third-order valence-electron chi connectivity index (χ3n) is 1.41. The number of nitriles is 1. The summed E-state index contributed by atoms with van der Waals surface area (Å²) in [6.45, 7) is 1.74. The second-order valence-electron chi connectivity index (χ2n) is 2.23. The van der Waals surface area contributed by atoms with Crippen molar-refractivity contribution < 1.29 is 5.11 Å². The fraction of sp³-hybridized carbons (Fsp3) is 0.125. The Kier molecular flexibility index (Phi) is 2.02. The van der Waals surface area contributed by atoms with E-state index in [4.69, 9.17) is 22.0 Å². The molecule has 0 heterocycles. The topological polar surface area (TPSA) is 44.0 Å². The first-order valence-corrected chi connectivity index (χ1v) is 3.42. The summed E-state index contributed by atoms with van der Waals surface area (Å²) < 4.78 is 0. The summed E-state index contributed by atoms with van der Waals surface area (Å²) in [4.78, 5) is 0. The highest BCUT2D eigenvalue weighted by atomic mass is 35.5. The van der Waals surface area contributed by atoms with Crippen molar-refractivity contribution in [3.63, 3.8) is 0 Å². The van der Waals surface area contributed by atoms with Gasteiger partial charge in [-0.1, -0.05) is 11.6 Å². The molecule has 0 saturated heterocycles. The summed E-state index contributed by atoms with van der Waals surface area (Å²) in [7, 11) is 0. The van der Waals surface area contributed by atoms with Crippen LogP contribution in [0.3, 0.4) is 0 Å². The summed E-state index contributed by atoms with van der Waals surface area (Å²) in [6, 6.07) is 4.89. The fourth-order valence-corrected chi connectivity index (χ4v) is 0.950. The minimum absolute atomic E-state index is 0.0168. The lowest BCUT2D eigenvalue weighted by atomic mass is 10.1. The van der Waals surface area contributed by atoms with Crippen LogP contribution in [-0.4, -0.2) is 5.11 Å². The van der Waals surface area contributed by atoms with Gasteiger partial charge in [0.2, 0.25) is 0 Å². The van der Waals surface area contributed by atoms with Crippen LogP contribution in [0.4, 0.5) is 0 Å². The number of nitrogens with zero attached hydrogens (tertiary/aromatic N) is 1. The van der Waals surface area contributed by atoms with Crippen LogP contribution in [0.5, 0.6) is 5.75 Å². The molecule has 1 rings (SSSR count). The van der Waals surface area contributed by atoms with Crippen molar-refractivity contribution in [1.82, 2.24) is 0 Å². The maximum atomic E-state index is 9.08. The van der Waals surface area contributed by atoms with Crippen molar-refractivity contribution in [2.75, 3.05) is 0 Å². The third-order valence-corrected chi connectivity index (χ3v) is 1.72. The SMILES string of the molecule is Cc1cc(O)c(Cl)cc1C#N. The van der Waals surface area contributed by atoms with Crippen LogP contribution in [0.2, 0.25) is 5.02 Å². The Morgan fingerprint density at radius 1 is 1.55 bits per heavy atom. The largest absolute Gasteiger partial charge is 0.506 e. The second-order valence-corrected chi connectivity index (χ2v) is 2.64. The average Bonchev–Trinajstić information content (AvgIpc) is 1.97. The zero-order valence-corrected chi connectivity index (χ0v) is 6.68. The molecule has 1 aromatic rings. The number of hydrogen-bond donors (Lipinski definition) is 1. The van der Waals surface area contributed by atoms with E-state index in [1.165, 1.54) is 12.1 Å². The first-order chi connectivity index (χ1) is 5.15. The number of phenols is 1. The van der Waals surface area contributed by atoms with E-state index in [0.29, 0.717) is 5.56 Å². The number of aromatic hydroxyl groups is 1. The molecular formula is C8H6ClNO. The molecule has 0 aromatic heterocycles. The lowest BCUT2D eigenvalue weighted by molar-refractivity contribution is 0.475. The minimum atomic E-state index is 0.0168. The normalized spacial score (nSPS) is 9.18. The first kappa shape index (κ1) is 7.90. The molecule has 56 valence electrons. The van der Waals surface area contributed by atoms with Gasteiger partial charge in [0.25, 0.3) is 0 Å². The standard InChI is InChI=1S/C8H6ClNO/c1-5-2-8(11)7(9)3-6(5)4-10/h2-3,11H,1H3. The lowest BCUT2D eigenvalue weighted by Gasteiger charge is -1.99. The molecule has 11 heavy (non-hydrogen) atoms. The number of aryl methyl sites for hydroxylation is 1. The van der Waals surface area contributed by atoms with Crippen molar-refractivity contribution in [2.24, 2.45) is 0 Å². The van der Waals surface area contributed by atoms with Crippen molar-refractivity contribution in [3.8, 4) is 11.8 Å². The molecule has 0 aliphatic heterocycles. The summed E-state index contributed by atoms with van der Waals surface area (Å²) in [6.07, 6.45) is 0. The Morgan fingerprint density at radius 2 is 2.18 bits per heavy atom. The highest BCUT2D eigenvalue weighted by Gasteiger charge is 2.02. The Balaban J connectivity index is 3.35. The van der Waals surface area contributed by atoms with E-state index in [9.17, 15) is 0 Å². The highest BCUT2D eigenvalue weighted by Crippen LogP contribution is 2.25. The smallest absolute Gasteiger partial charge is 0.134 e. The van der Waals surface area contributed by atoms with Crippen molar-refractivity contribution in [2.45, 2.75) is 6.92 Å². The van der Waals surface area contributed by atoms with Gasteiger partial charge in [-0.15, -0.1) is 0 Å². The van der Waals surface area contributed by atoms with Crippen LogP contribution < -0.4 is 0 Å². The van der Waals surface area contributed by atoms with Gasteiger partial charge in [-0.3, -0.25) is 0 Å². The Morgan fingerprint density at radius 3 is 2.73 bits per heavy atom. The van der Waals surface area contributed by atoms with Gasteiger partial charge in [0.15, 0.2) is 0 Å². The first-order valence-electron chi connectivity index (χ1n) is 3.04. The molecule has 2 nitrogen and oxygen atoms in total. The molecule has 0 radical (unpaired) electrons. The van der Waals surface area contributed by atoms with Gasteiger partial charge in [0.05, 0.1) is 16.7 Å². The summed E-state index contributed by atoms with van der Waals surface area (Å²) in [5.41, 5.74) is 1.22. The van der Waals surface area contributed by atoms with E-state index < -0.39 is 0 Å². The van der Waals surface area contributed by atoms with E-state index in [1.54, 1.807) is 6.92 Å². The number of halogens is 1. The summed E-state index contributed by atoms with van der Waals surface area (Å²) in [5, 5.41) is 17.8. The quantitative estimate of drug-likeness (QED) is 0.644. The molecule has 0 amide bonds. The van der Waals surface area contributed by atoms with Gasteiger partial charge in [0, 0.05) is 0 Å². The van der Waals surface area contributed by atoms with E-state index in [-0.39, 0.29) is 10.8 Å². The molecule has 1 N–H and O–H groups in total. The monoisotopic (exact) mass is 167 g/mol. The Hall–Kier alpha value is -1.20. The maximum Gasteiger partial charge on any atom is 0.134 e. The minimum Gasteiger partial charge on any atom is -0.506 e. The average molecular weight is 168 g/mol. The fourth-order valence-electron chi connectivity index (χ4n) is 0.787. The Labute approximate surface area is 69.7 Å². The van der Waals surface area contributed by atoms with Crippen LogP contribution in [0.15, 0.2) is 12.1 Å². The van der Waals surface area contributed by atoms with E-state index >= 15 is 0 Å². The highest BCUT2D eigenvalue weighted by molar-refractivity contribution is 6.32. The molecule has 0 saturated carbocycles. The van der Waals surface area contributed by atoms with Crippen molar-refractivity contribution in [1.29, 1.82) is 5.26 Å². The van der Waals surface area contributed by atoms with Gasteiger partial charge in [-0.05, 0) is 24.6 Å². The van der Waals surface area contributed by atoms with Crippen LogP contribution in [0.1, 0.15) is 11.1 Å². The van der Waals surface area contributed by atoms with Crippen molar-refractivity contribution >= 4 is 11.6 Å². The summed E-state index contributed by atoms with van der Waals surface area (Å²) >= 11 is 5.56. The van der Waals surface area contributed by atoms with Gasteiger partial charge in [0.1, 0.15) is 5.75 Å². The van der Waals surface area contributed by atoms with E-state index in [0.717, 1.165) is 5.56 Å². The van der Waals surface area contributed by atoms with Crippen LogP contribution in [-0.2, 0) is 0 Å². The molecule has 0 spiro atoms. The molecule has 0 atom stereocenters. The van der Waals surface area contributed by atoms with Gasteiger partial charge < -0.3 is 5.11 Å². The predicted octanol–water partition coefficient (Wildman–Crippen LogP) is 2.23. The van der Waals surface area contributed by atoms with Gasteiger partial charge in [-0.25, -0.2) is 0 Å². The number of phenolic OH excluding ortho intramolecular Hbond substituents is 1. The van der Waals surface area contributed by atoms with Crippen LogP contribution in [0, 0.1) is 18.3 Å². The zero-order chi connectivity index (χ0) is 8.43. The molecule has 0 bridgehead atoms. The molecule has 1 aromatic carbocycles. The second kappa shape index (κ2) is 2.81.